The molecule has 0 spiro atoms. The van der Waals surface area contributed by atoms with Crippen molar-refractivity contribution in [1.82, 2.24) is 4.90 Å². The molecule has 0 aliphatic carbocycles. The van der Waals surface area contributed by atoms with Gasteiger partial charge < -0.3 is 4.90 Å². The summed E-state index contributed by atoms with van der Waals surface area (Å²) in [7, 11) is 2.10. The van der Waals surface area contributed by atoms with Crippen molar-refractivity contribution in [3.63, 3.8) is 0 Å². The standard InChI is InChI=1S/C16H19F2NO/c1-19-11-4-2-5-12(19)9-10(8-11)16(20)15-13(17)6-3-7-14(15)18/h3,6-7,10-12H,2,4-5,8-9H2,1H3. The number of Topliss-reactive ketones (excluding diaryl/α,β-unsaturated/α-hetero) is 1. The number of hydrogen-bond acceptors (Lipinski definition) is 2. The molecule has 2 unspecified atom stereocenters. The van der Waals surface area contributed by atoms with E-state index in [0.717, 1.165) is 37.8 Å². The van der Waals surface area contributed by atoms with E-state index in [1.54, 1.807) is 0 Å². The summed E-state index contributed by atoms with van der Waals surface area (Å²) in [6, 6.07) is 4.38. The lowest BCUT2D eigenvalue weighted by molar-refractivity contribution is 0.0335. The Kier molecular flexibility index (Phi) is 3.59. The molecule has 2 aliphatic heterocycles. The van der Waals surface area contributed by atoms with Gasteiger partial charge in [-0.3, -0.25) is 4.79 Å². The van der Waals surface area contributed by atoms with Crippen molar-refractivity contribution >= 4 is 5.78 Å². The molecule has 0 radical (unpaired) electrons. The molecule has 108 valence electrons. The fourth-order valence-corrected chi connectivity index (χ4v) is 3.77. The first kappa shape index (κ1) is 13.7. The van der Waals surface area contributed by atoms with Crippen LogP contribution in [-0.2, 0) is 0 Å². The van der Waals surface area contributed by atoms with Gasteiger partial charge in [-0.05, 0) is 44.9 Å². The summed E-state index contributed by atoms with van der Waals surface area (Å²) in [5.41, 5.74) is -0.347. The summed E-state index contributed by atoms with van der Waals surface area (Å²) in [4.78, 5) is 14.8. The third kappa shape index (κ3) is 2.26. The predicted octanol–water partition coefficient (Wildman–Crippen LogP) is 3.41. The minimum atomic E-state index is -0.737. The zero-order valence-electron chi connectivity index (χ0n) is 11.6. The highest BCUT2D eigenvalue weighted by Gasteiger charge is 2.39. The van der Waals surface area contributed by atoms with Crippen LogP contribution in [0.2, 0.25) is 0 Å². The Hall–Kier alpha value is -1.29. The fourth-order valence-electron chi connectivity index (χ4n) is 3.77. The number of halogens is 2. The lowest BCUT2D eigenvalue weighted by Gasteiger charge is -2.46. The Morgan fingerprint density at radius 2 is 1.70 bits per heavy atom. The zero-order chi connectivity index (χ0) is 14.3. The maximum absolute atomic E-state index is 13.8. The summed E-state index contributed by atoms with van der Waals surface area (Å²) in [5, 5.41) is 0. The largest absolute Gasteiger partial charge is 0.300 e. The molecule has 2 aliphatic rings. The highest BCUT2D eigenvalue weighted by atomic mass is 19.1. The average Bonchev–Trinajstić information content (AvgIpc) is 2.37. The smallest absolute Gasteiger partial charge is 0.171 e. The number of rotatable bonds is 2. The first-order chi connectivity index (χ1) is 9.58. The van der Waals surface area contributed by atoms with Gasteiger partial charge in [-0.25, -0.2) is 8.78 Å². The van der Waals surface area contributed by atoms with Crippen LogP contribution in [0.25, 0.3) is 0 Å². The number of carbonyl (C=O) groups is 1. The van der Waals surface area contributed by atoms with Crippen LogP contribution in [0.5, 0.6) is 0 Å². The van der Waals surface area contributed by atoms with Crippen molar-refractivity contribution in [2.24, 2.45) is 5.92 Å². The summed E-state index contributed by atoms with van der Waals surface area (Å²) >= 11 is 0. The normalized spacial score (nSPS) is 30.2. The molecule has 1 aromatic carbocycles. The lowest BCUT2D eigenvalue weighted by Crippen LogP contribution is -2.51. The zero-order valence-corrected chi connectivity index (χ0v) is 11.6. The van der Waals surface area contributed by atoms with E-state index in [1.165, 1.54) is 12.5 Å². The number of ketones is 1. The highest BCUT2D eigenvalue weighted by Crippen LogP contribution is 2.37. The Balaban J connectivity index is 1.85. The number of nitrogens with zero attached hydrogens (tertiary/aromatic N) is 1. The molecule has 3 rings (SSSR count). The number of benzene rings is 1. The van der Waals surface area contributed by atoms with Gasteiger partial charge in [0, 0.05) is 18.0 Å². The predicted molar refractivity (Wildman–Crippen MR) is 72.6 cm³/mol. The lowest BCUT2D eigenvalue weighted by atomic mass is 9.76. The maximum Gasteiger partial charge on any atom is 0.171 e. The monoisotopic (exact) mass is 279 g/mol. The van der Waals surface area contributed by atoms with Crippen LogP contribution < -0.4 is 0 Å². The molecule has 2 atom stereocenters. The third-order valence-corrected chi connectivity index (χ3v) is 4.92. The maximum atomic E-state index is 13.8. The second-order valence-corrected chi connectivity index (χ2v) is 6.03. The first-order valence-corrected chi connectivity index (χ1v) is 7.28. The van der Waals surface area contributed by atoms with Gasteiger partial charge in [-0.2, -0.15) is 0 Å². The van der Waals surface area contributed by atoms with E-state index in [0.29, 0.717) is 12.1 Å². The number of carbonyl (C=O) groups excluding carboxylic acids is 1. The molecular formula is C16H19F2NO. The summed E-state index contributed by atoms with van der Waals surface area (Å²) in [5.74, 6) is -2.07. The Morgan fingerprint density at radius 3 is 2.25 bits per heavy atom. The van der Waals surface area contributed by atoms with Crippen LogP contribution in [0.15, 0.2) is 18.2 Å². The number of fused-ring (bicyclic) bond motifs is 2. The topological polar surface area (TPSA) is 20.3 Å². The SMILES string of the molecule is CN1C2CCCC1CC(C(=O)c1c(F)cccc1F)C2. The Labute approximate surface area is 117 Å². The van der Waals surface area contributed by atoms with E-state index < -0.39 is 11.6 Å². The van der Waals surface area contributed by atoms with Gasteiger partial charge in [0.15, 0.2) is 5.78 Å². The molecule has 0 saturated carbocycles. The first-order valence-electron chi connectivity index (χ1n) is 7.28. The molecular weight excluding hydrogens is 260 g/mol. The van der Waals surface area contributed by atoms with Gasteiger partial charge in [0.2, 0.25) is 0 Å². The quantitative estimate of drug-likeness (QED) is 0.773. The fraction of sp³-hybridized carbons (Fsp3) is 0.562. The Bertz CT molecular complexity index is 497. The van der Waals surface area contributed by atoms with E-state index in [-0.39, 0.29) is 17.3 Å². The molecule has 2 fully saturated rings. The minimum absolute atomic E-state index is 0.243. The van der Waals surface area contributed by atoms with E-state index in [2.05, 4.69) is 11.9 Å². The number of hydrogen-bond donors (Lipinski definition) is 0. The van der Waals surface area contributed by atoms with Crippen LogP contribution in [0.1, 0.15) is 42.5 Å². The van der Waals surface area contributed by atoms with Crippen LogP contribution in [0.4, 0.5) is 8.78 Å². The van der Waals surface area contributed by atoms with Crippen molar-refractivity contribution in [1.29, 1.82) is 0 Å². The second kappa shape index (κ2) is 5.24. The van der Waals surface area contributed by atoms with Gasteiger partial charge in [0.25, 0.3) is 0 Å². The molecule has 0 aromatic heterocycles. The van der Waals surface area contributed by atoms with Crippen molar-refractivity contribution in [3.8, 4) is 0 Å². The van der Waals surface area contributed by atoms with Gasteiger partial charge >= 0.3 is 0 Å². The minimum Gasteiger partial charge on any atom is -0.300 e. The van der Waals surface area contributed by atoms with Crippen LogP contribution in [0.3, 0.4) is 0 Å². The molecule has 0 N–H and O–H groups in total. The van der Waals surface area contributed by atoms with Gasteiger partial charge in [0.1, 0.15) is 11.6 Å². The molecule has 4 heteroatoms. The van der Waals surface area contributed by atoms with Gasteiger partial charge in [0.05, 0.1) is 5.56 Å². The Morgan fingerprint density at radius 1 is 1.15 bits per heavy atom. The molecule has 2 nitrogen and oxygen atoms in total. The van der Waals surface area contributed by atoms with Crippen molar-refractivity contribution < 1.29 is 13.6 Å². The highest BCUT2D eigenvalue weighted by molar-refractivity contribution is 5.98. The third-order valence-electron chi connectivity index (χ3n) is 4.92. The van der Waals surface area contributed by atoms with E-state index in [1.807, 2.05) is 0 Å². The van der Waals surface area contributed by atoms with E-state index in [9.17, 15) is 13.6 Å². The summed E-state index contributed by atoms with van der Waals surface area (Å²) < 4.78 is 27.5. The van der Waals surface area contributed by atoms with E-state index in [4.69, 9.17) is 0 Å². The average molecular weight is 279 g/mol. The van der Waals surface area contributed by atoms with Crippen molar-refractivity contribution in [2.75, 3.05) is 7.05 Å². The molecule has 0 amide bonds. The van der Waals surface area contributed by atoms with Crippen molar-refractivity contribution in [2.45, 2.75) is 44.2 Å². The number of piperidine rings is 2. The summed E-state index contributed by atoms with van der Waals surface area (Å²) in [6.45, 7) is 0. The summed E-state index contributed by atoms with van der Waals surface area (Å²) in [6.07, 6.45) is 4.79. The molecule has 2 bridgehead atoms. The van der Waals surface area contributed by atoms with Crippen LogP contribution in [-0.4, -0.2) is 29.8 Å². The van der Waals surface area contributed by atoms with Crippen molar-refractivity contribution in [3.05, 3.63) is 35.4 Å². The molecule has 2 heterocycles. The van der Waals surface area contributed by atoms with Gasteiger partial charge in [-0.15, -0.1) is 0 Å². The second-order valence-electron chi connectivity index (χ2n) is 6.03. The molecule has 20 heavy (non-hydrogen) atoms. The van der Waals surface area contributed by atoms with Crippen LogP contribution >= 0.6 is 0 Å². The van der Waals surface area contributed by atoms with Crippen LogP contribution in [0, 0.1) is 17.6 Å². The van der Waals surface area contributed by atoms with Gasteiger partial charge in [-0.1, -0.05) is 12.5 Å². The molecule has 2 saturated heterocycles. The molecule has 1 aromatic rings. The van der Waals surface area contributed by atoms with E-state index >= 15 is 0 Å².